The number of hydrogen-bond donors (Lipinski definition) is 0. The molecule has 2 unspecified atom stereocenters. The Morgan fingerprint density at radius 1 is 1.44 bits per heavy atom. The van der Waals surface area contributed by atoms with Crippen molar-refractivity contribution >= 4 is 45.2 Å². The van der Waals surface area contributed by atoms with Crippen LogP contribution in [0.5, 0.6) is 0 Å². The first-order valence-electron chi connectivity index (χ1n) is 3.37. The molecule has 0 aromatic rings. The predicted octanol–water partition coefficient (Wildman–Crippen LogP) is 3.80. The second-order valence-electron chi connectivity index (χ2n) is 2.51. The van der Waals surface area contributed by atoms with Gasteiger partial charge in [-0.05, 0) is 19.8 Å². The van der Waals surface area contributed by atoms with Crippen molar-refractivity contribution in [2.24, 2.45) is 0 Å². The van der Waals surface area contributed by atoms with Crippen molar-refractivity contribution in [1.82, 2.24) is 0 Å². The molecule has 56 valence electrons. The minimum absolute atomic E-state index is 0.507. The average Bonchev–Trinajstić information content (AvgIpc) is 1.86. The molecule has 9 heavy (non-hydrogen) atoms. The van der Waals surface area contributed by atoms with E-state index < -0.39 is 0 Å². The Morgan fingerprint density at radius 2 is 1.89 bits per heavy atom. The van der Waals surface area contributed by atoms with Gasteiger partial charge in [-0.2, -0.15) is 0 Å². The van der Waals surface area contributed by atoms with Gasteiger partial charge in [0.2, 0.25) is 0 Å². The molecule has 0 saturated carbocycles. The molecule has 0 bridgehead atoms. The third kappa shape index (κ3) is 3.39. The molecule has 0 nitrogen and oxygen atoms in total. The number of rotatable bonds is 3. The molecule has 0 saturated heterocycles. The Bertz CT molecular complexity index is 79.0. The molecule has 2 atom stereocenters. The summed E-state index contributed by atoms with van der Waals surface area (Å²) in [6.45, 7) is 6.84. The summed E-state index contributed by atoms with van der Waals surface area (Å²) >= 11 is 5.10. The van der Waals surface area contributed by atoms with E-state index in [1.165, 1.54) is 12.8 Å². The third-order valence-electron chi connectivity index (χ3n) is 1.70. The smallest absolute Gasteiger partial charge is 0.0309 e. The van der Waals surface area contributed by atoms with Gasteiger partial charge in [0, 0.05) is 7.35 Å². The quantitative estimate of drug-likeness (QED) is 0.536. The van der Waals surface area contributed by atoms with Crippen molar-refractivity contribution < 1.29 is 0 Å². The lowest BCUT2D eigenvalue weighted by molar-refractivity contribution is 0.619. The molecule has 0 rings (SSSR count). The SMILES string of the molecule is CCC(I)C(C)(I)CC. The summed E-state index contributed by atoms with van der Waals surface area (Å²) in [6.07, 6.45) is 2.56. The van der Waals surface area contributed by atoms with Crippen LogP contribution < -0.4 is 0 Å². The summed E-state index contributed by atoms with van der Waals surface area (Å²) in [5.74, 6) is 0. The van der Waals surface area contributed by atoms with Gasteiger partial charge in [-0.1, -0.05) is 59.0 Å². The van der Waals surface area contributed by atoms with Crippen molar-refractivity contribution in [3.63, 3.8) is 0 Å². The van der Waals surface area contributed by atoms with Crippen molar-refractivity contribution in [3.05, 3.63) is 0 Å². The van der Waals surface area contributed by atoms with Gasteiger partial charge in [0.15, 0.2) is 0 Å². The van der Waals surface area contributed by atoms with Gasteiger partial charge in [-0.3, -0.25) is 0 Å². The van der Waals surface area contributed by atoms with Crippen LogP contribution in [0, 0.1) is 0 Å². The molecule has 0 aliphatic carbocycles. The monoisotopic (exact) mass is 352 g/mol. The molecule has 0 spiro atoms. The second-order valence-corrected chi connectivity index (χ2v) is 6.48. The predicted molar refractivity (Wildman–Crippen MR) is 60.8 cm³/mol. The zero-order valence-electron chi connectivity index (χ0n) is 6.25. The normalized spacial score (nSPS) is 21.0. The summed E-state index contributed by atoms with van der Waals surface area (Å²) in [5, 5.41) is 0. The van der Waals surface area contributed by atoms with Gasteiger partial charge in [0.05, 0.1) is 0 Å². The lowest BCUT2D eigenvalue weighted by atomic mass is 10.0. The lowest BCUT2D eigenvalue weighted by Gasteiger charge is -2.25. The van der Waals surface area contributed by atoms with E-state index in [-0.39, 0.29) is 0 Å². The fourth-order valence-electron chi connectivity index (χ4n) is 0.647. The van der Waals surface area contributed by atoms with E-state index in [9.17, 15) is 0 Å². The van der Waals surface area contributed by atoms with Crippen molar-refractivity contribution in [3.8, 4) is 0 Å². The van der Waals surface area contributed by atoms with Crippen LogP contribution in [0.4, 0.5) is 0 Å². The summed E-state index contributed by atoms with van der Waals surface area (Å²) < 4.78 is 1.33. The van der Waals surface area contributed by atoms with Crippen molar-refractivity contribution in [2.45, 2.75) is 41.0 Å². The summed E-state index contributed by atoms with van der Waals surface area (Å²) in [4.78, 5) is 0. The Labute approximate surface area is 85.5 Å². The minimum atomic E-state index is 0.507. The Kier molecular flexibility index (Phi) is 5.07. The zero-order valence-corrected chi connectivity index (χ0v) is 10.6. The van der Waals surface area contributed by atoms with Crippen LogP contribution in [0.1, 0.15) is 33.6 Å². The van der Waals surface area contributed by atoms with Crippen LogP contribution in [0.25, 0.3) is 0 Å². The molecule has 0 heterocycles. The first-order chi connectivity index (χ1) is 4.04. The van der Waals surface area contributed by atoms with Gasteiger partial charge < -0.3 is 0 Å². The fraction of sp³-hybridized carbons (Fsp3) is 1.00. The highest BCUT2D eigenvalue weighted by Gasteiger charge is 2.25. The van der Waals surface area contributed by atoms with Crippen molar-refractivity contribution in [1.29, 1.82) is 0 Å². The van der Waals surface area contributed by atoms with Crippen LogP contribution in [-0.4, -0.2) is 7.35 Å². The van der Waals surface area contributed by atoms with Crippen LogP contribution >= 0.6 is 45.2 Å². The number of halogens is 2. The van der Waals surface area contributed by atoms with E-state index in [1.807, 2.05) is 0 Å². The molecule has 0 radical (unpaired) electrons. The molecule has 0 amide bonds. The number of alkyl halides is 2. The fourth-order valence-corrected chi connectivity index (χ4v) is 1.53. The molecule has 0 aliphatic heterocycles. The largest absolute Gasteiger partial charge is 0.0812 e. The zero-order chi connectivity index (χ0) is 7.49. The van der Waals surface area contributed by atoms with Crippen LogP contribution in [-0.2, 0) is 0 Å². The highest BCUT2D eigenvalue weighted by Crippen LogP contribution is 2.33. The van der Waals surface area contributed by atoms with Crippen LogP contribution in [0.15, 0.2) is 0 Å². The van der Waals surface area contributed by atoms with Gasteiger partial charge in [-0.15, -0.1) is 0 Å². The second kappa shape index (κ2) is 4.36. The molecule has 0 N–H and O–H groups in total. The van der Waals surface area contributed by atoms with E-state index in [0.717, 1.165) is 3.92 Å². The molecular formula is C7H14I2. The Balaban J connectivity index is 3.80. The minimum Gasteiger partial charge on any atom is -0.0812 e. The molecule has 0 aliphatic rings. The molecule has 0 aromatic carbocycles. The van der Waals surface area contributed by atoms with E-state index in [0.29, 0.717) is 3.42 Å². The maximum atomic E-state index is 2.56. The molecule has 0 fully saturated rings. The van der Waals surface area contributed by atoms with Gasteiger partial charge >= 0.3 is 0 Å². The van der Waals surface area contributed by atoms with Gasteiger partial charge in [0.1, 0.15) is 0 Å². The topological polar surface area (TPSA) is 0 Å². The standard InChI is InChI=1S/C7H14I2/c1-4-6(8)7(3,9)5-2/h6H,4-5H2,1-3H3. The summed E-state index contributed by atoms with van der Waals surface area (Å²) in [6, 6.07) is 0. The van der Waals surface area contributed by atoms with Crippen molar-refractivity contribution in [2.75, 3.05) is 0 Å². The lowest BCUT2D eigenvalue weighted by Crippen LogP contribution is -2.26. The highest BCUT2D eigenvalue weighted by atomic mass is 127. The molecule has 2 heteroatoms. The molecule has 0 aromatic heterocycles. The number of hydrogen-bond acceptors (Lipinski definition) is 0. The average molecular weight is 352 g/mol. The summed E-state index contributed by atoms with van der Waals surface area (Å²) in [7, 11) is 0. The van der Waals surface area contributed by atoms with Crippen LogP contribution in [0.3, 0.4) is 0 Å². The van der Waals surface area contributed by atoms with E-state index in [1.54, 1.807) is 0 Å². The first-order valence-corrected chi connectivity index (χ1v) is 5.70. The highest BCUT2D eigenvalue weighted by molar-refractivity contribution is 14.1. The Hall–Kier alpha value is 1.46. The first kappa shape index (κ1) is 10.5. The van der Waals surface area contributed by atoms with Gasteiger partial charge in [-0.25, -0.2) is 0 Å². The van der Waals surface area contributed by atoms with E-state index >= 15 is 0 Å². The molecular weight excluding hydrogens is 338 g/mol. The third-order valence-corrected chi connectivity index (χ3v) is 6.66. The van der Waals surface area contributed by atoms with Crippen LogP contribution in [0.2, 0.25) is 0 Å². The van der Waals surface area contributed by atoms with Gasteiger partial charge in [0.25, 0.3) is 0 Å². The maximum absolute atomic E-state index is 2.56. The summed E-state index contributed by atoms with van der Waals surface area (Å²) in [5.41, 5.74) is 0. The maximum Gasteiger partial charge on any atom is 0.0309 e. The van der Waals surface area contributed by atoms with E-state index in [4.69, 9.17) is 0 Å². The van der Waals surface area contributed by atoms with E-state index in [2.05, 4.69) is 66.0 Å². The Morgan fingerprint density at radius 3 is 2.00 bits per heavy atom.